The second kappa shape index (κ2) is 39.3. The van der Waals surface area contributed by atoms with Crippen LogP contribution in [-0.2, 0) is 54.3 Å². The highest BCUT2D eigenvalue weighted by molar-refractivity contribution is 14.1. The number of hydrogen-bond acceptors (Lipinski definition) is 20. The van der Waals surface area contributed by atoms with Crippen LogP contribution in [0, 0.1) is 3.57 Å². The third-order valence-corrected chi connectivity index (χ3v) is 17.2. The fourth-order valence-corrected chi connectivity index (χ4v) is 11.8. The summed E-state index contributed by atoms with van der Waals surface area (Å²) in [6.45, 7) is 2.58. The molecule has 6 rings (SSSR count). The maximum atomic E-state index is 14.5. The fourth-order valence-electron chi connectivity index (χ4n) is 11.4. The number of carbonyl (C=O) groups is 10. The van der Waals surface area contributed by atoms with Crippen LogP contribution in [0.4, 0.5) is 8.78 Å². The molecule has 3 atom stereocenters. The summed E-state index contributed by atoms with van der Waals surface area (Å²) in [4.78, 5) is 155. The number of carboxylic acid groups (broad SMARTS) is 3. The summed E-state index contributed by atoms with van der Waals surface area (Å²) in [6, 6.07) is 11.1. The molecule has 1 aromatic heterocycles. The molecule has 0 unspecified atom stereocenters. The SMILES string of the molecule is CN=C[C@H]1CC(F)(F)CN1C(=O)CNC(=O)c1ccnc2ccc(OCCCN3CCN(C(=O)[C@H](CC(=O)OC)NC(=O)[C@H](CCCCN=C(C)NC(=O)CCCc4ccc(I)cc4)NC(=O)CN4CCN(CC(=O)O)CCN(CC(=O)O)CCN(CC(=O)O)CC4)CC3)cc12. The summed E-state index contributed by atoms with van der Waals surface area (Å²) in [5.74, 6) is -9.75. The van der Waals surface area contributed by atoms with Crippen LogP contribution in [0.2, 0.25) is 0 Å². The number of aliphatic carboxylic acids is 3. The molecule has 6 amide bonds. The number of carbonyl (C=O) groups excluding carboxylic acids is 7. The van der Waals surface area contributed by atoms with Gasteiger partial charge in [0.1, 0.15) is 17.8 Å². The number of aromatic nitrogens is 1. The van der Waals surface area contributed by atoms with Gasteiger partial charge in [0.2, 0.25) is 29.5 Å². The number of esters is 1. The summed E-state index contributed by atoms with van der Waals surface area (Å²) in [5.41, 5.74) is 1.80. The summed E-state index contributed by atoms with van der Waals surface area (Å²) in [6.07, 6.45) is 4.66. The lowest BCUT2D eigenvalue weighted by Gasteiger charge is -2.36. The molecule has 3 aliphatic heterocycles. The van der Waals surface area contributed by atoms with Crippen LogP contribution in [0.3, 0.4) is 0 Å². The number of piperazine rings is 1. The Hall–Kier alpha value is -7.92. The smallest absolute Gasteiger partial charge is 0.317 e. The first-order valence-corrected chi connectivity index (χ1v) is 33.1. The number of carboxylic acids is 3. The summed E-state index contributed by atoms with van der Waals surface area (Å²) >= 11 is 2.23. The number of unbranched alkanes of at least 4 members (excludes halogenated alkanes) is 1. The van der Waals surface area contributed by atoms with Crippen molar-refractivity contribution in [3.05, 3.63) is 69.4 Å². The first-order valence-electron chi connectivity index (χ1n) is 32.0. The lowest BCUT2D eigenvalue weighted by atomic mass is 10.1. The van der Waals surface area contributed by atoms with E-state index < -0.39 is 103 Å². The van der Waals surface area contributed by atoms with E-state index in [1.165, 1.54) is 30.4 Å². The molecule has 0 spiro atoms. The minimum atomic E-state index is -3.08. The van der Waals surface area contributed by atoms with Crippen molar-refractivity contribution in [3.8, 4) is 5.75 Å². The van der Waals surface area contributed by atoms with Gasteiger partial charge in [-0.3, -0.25) is 87.4 Å². The molecule has 3 saturated heterocycles. The Bertz CT molecular complexity index is 3180. The van der Waals surface area contributed by atoms with Gasteiger partial charge in [-0.1, -0.05) is 12.1 Å². The number of ether oxygens (including phenoxy) is 2. The number of nitrogens with zero attached hydrogens (tertiary/aromatic N) is 10. The number of amides is 6. The predicted octanol–water partition coefficient (Wildman–Crippen LogP) is 1.15. The minimum Gasteiger partial charge on any atom is -0.494 e. The molecule has 7 N–H and O–H groups in total. The first kappa shape index (κ1) is 77.1. The Balaban J connectivity index is 1.06. The molecule has 0 radical (unpaired) electrons. The number of amidine groups is 1. The zero-order valence-corrected chi connectivity index (χ0v) is 56.7. The second-order valence-electron chi connectivity index (χ2n) is 23.9. The van der Waals surface area contributed by atoms with Gasteiger partial charge in [0.05, 0.1) is 82.4 Å². The molecule has 2 aromatic carbocycles. The van der Waals surface area contributed by atoms with Crippen LogP contribution in [0.5, 0.6) is 5.75 Å². The third kappa shape index (κ3) is 26.9. The minimum absolute atomic E-state index is 0.0498. The van der Waals surface area contributed by atoms with E-state index in [4.69, 9.17) is 9.47 Å². The molecular formula is C64H89F2IN14O15. The standard InChI is InChI=1S/C64H89F2IN14O15/c1-44(72-54(82)10-6-8-45-11-13-46(67)14-12-45)69-18-5-4-9-52(73-55(83)39-76-21-23-77(40-57(85)86)25-27-79(42-59(89)90)28-26-78(24-22-76)41-58(87)88)62(93)74-53(35-60(91)95-3)63(94)80-31-29-75(30-32-80)20-7-33-96-48-15-16-51-50(34-48)49(17-19-70-51)61(92)71-38-56(84)81-43-64(65,66)36-47(81)37-68-2/h11-17,19,34,37,47,52-53H,4-10,18,20-33,35-36,38-43H2,1-3H3,(H,71,92)(H,73,83)(H,74,93)(H,85,86)(H,87,88)(H,89,90)(H,69,72,82)/t47-,52+,53+/m1/s1. The van der Waals surface area contributed by atoms with Crippen molar-refractivity contribution in [2.24, 2.45) is 9.98 Å². The number of halogens is 3. The van der Waals surface area contributed by atoms with Gasteiger partial charge in [-0.15, -0.1) is 0 Å². The van der Waals surface area contributed by atoms with Gasteiger partial charge in [0, 0.05) is 133 Å². The van der Waals surface area contributed by atoms with E-state index in [1.807, 2.05) is 24.3 Å². The number of aliphatic imine (C=N–C) groups is 2. The Labute approximate surface area is 569 Å². The molecule has 0 bridgehead atoms. The molecule has 4 heterocycles. The Morgan fingerprint density at radius 1 is 0.740 bits per heavy atom. The number of pyridine rings is 1. The zero-order chi connectivity index (χ0) is 69.7. The molecule has 32 heteroatoms. The maximum Gasteiger partial charge on any atom is 0.317 e. The lowest BCUT2D eigenvalue weighted by Crippen LogP contribution is -2.58. The predicted molar refractivity (Wildman–Crippen MR) is 358 cm³/mol. The van der Waals surface area contributed by atoms with Gasteiger partial charge in [-0.05, 0) is 110 Å². The van der Waals surface area contributed by atoms with E-state index in [-0.39, 0.29) is 123 Å². The summed E-state index contributed by atoms with van der Waals surface area (Å²) in [5, 5.41) is 40.4. The summed E-state index contributed by atoms with van der Waals surface area (Å²) in [7, 11) is 2.58. The van der Waals surface area contributed by atoms with Crippen molar-refractivity contribution in [3.63, 3.8) is 0 Å². The highest BCUT2D eigenvalue weighted by Crippen LogP contribution is 2.31. The van der Waals surface area contributed by atoms with Crippen molar-refractivity contribution in [1.82, 2.24) is 60.6 Å². The lowest BCUT2D eigenvalue weighted by molar-refractivity contribution is -0.147. The highest BCUT2D eigenvalue weighted by atomic mass is 127. The third-order valence-electron chi connectivity index (χ3n) is 16.5. The number of fused-ring (bicyclic) bond motifs is 1. The zero-order valence-electron chi connectivity index (χ0n) is 54.6. The number of nitrogens with one attached hydrogen (secondary N) is 4. The molecule has 0 saturated carbocycles. The van der Waals surface area contributed by atoms with Crippen LogP contribution in [0.15, 0.2) is 64.7 Å². The number of aryl methyl sites for hydroxylation is 1. The molecule has 0 aliphatic carbocycles. The van der Waals surface area contributed by atoms with E-state index >= 15 is 0 Å². The number of hydrogen-bond donors (Lipinski definition) is 7. The average Bonchev–Trinajstić information content (AvgIpc) is 1.28. The van der Waals surface area contributed by atoms with Gasteiger partial charge in [0.15, 0.2) is 0 Å². The average molecular weight is 1460 g/mol. The molecular weight excluding hydrogens is 1370 g/mol. The van der Waals surface area contributed by atoms with Crippen LogP contribution in [-0.4, -0.2) is 302 Å². The first-order chi connectivity index (χ1) is 45.9. The highest BCUT2D eigenvalue weighted by Gasteiger charge is 2.46. The maximum absolute atomic E-state index is 14.5. The molecule has 3 aromatic rings. The topological polar surface area (TPSA) is 358 Å². The number of likely N-dealkylation sites (tertiary alicyclic amines) is 1. The van der Waals surface area contributed by atoms with Crippen LogP contribution < -0.4 is 26.0 Å². The normalized spacial score (nSPS) is 18.0. The molecule has 3 fully saturated rings. The van der Waals surface area contributed by atoms with Crippen LogP contribution >= 0.6 is 22.6 Å². The molecule has 526 valence electrons. The van der Waals surface area contributed by atoms with Crippen LogP contribution in [0.25, 0.3) is 10.9 Å². The van der Waals surface area contributed by atoms with Crippen molar-refractivity contribution in [2.45, 2.75) is 88.8 Å². The number of rotatable bonds is 32. The van der Waals surface area contributed by atoms with Gasteiger partial charge >= 0.3 is 23.9 Å². The van der Waals surface area contributed by atoms with E-state index in [1.54, 1.807) is 44.7 Å². The van der Waals surface area contributed by atoms with Crippen molar-refractivity contribution >= 4 is 105 Å². The molecule has 29 nitrogen and oxygen atoms in total. The van der Waals surface area contributed by atoms with E-state index in [0.717, 1.165) is 27.6 Å². The van der Waals surface area contributed by atoms with Gasteiger partial charge in [0.25, 0.3) is 11.8 Å². The van der Waals surface area contributed by atoms with Crippen molar-refractivity contribution in [2.75, 3.05) is 152 Å². The quantitative estimate of drug-likeness (QED) is 0.0152. The Kier molecular flexibility index (Phi) is 31.6. The van der Waals surface area contributed by atoms with E-state index in [0.29, 0.717) is 74.2 Å². The van der Waals surface area contributed by atoms with Crippen molar-refractivity contribution in [1.29, 1.82) is 0 Å². The van der Waals surface area contributed by atoms with Gasteiger partial charge in [-0.25, -0.2) is 8.78 Å². The molecule has 3 aliphatic rings. The van der Waals surface area contributed by atoms with Gasteiger partial charge < -0.3 is 55.9 Å². The molecule has 96 heavy (non-hydrogen) atoms. The monoisotopic (exact) mass is 1460 g/mol. The van der Waals surface area contributed by atoms with Crippen molar-refractivity contribution < 1.29 is 81.5 Å². The largest absolute Gasteiger partial charge is 0.494 e. The number of benzene rings is 2. The van der Waals surface area contributed by atoms with E-state index in [2.05, 4.69) is 63.7 Å². The Morgan fingerprint density at radius 2 is 1.34 bits per heavy atom. The van der Waals surface area contributed by atoms with E-state index in [9.17, 15) is 72.0 Å². The van der Waals surface area contributed by atoms with Crippen LogP contribution in [0.1, 0.15) is 74.2 Å². The summed E-state index contributed by atoms with van der Waals surface area (Å²) < 4.78 is 40.6. The number of alkyl halides is 2. The van der Waals surface area contributed by atoms with Gasteiger partial charge in [-0.2, -0.15) is 0 Å². The fraction of sp³-hybridized carbons (Fsp3) is 0.578. The second-order valence-corrected chi connectivity index (χ2v) is 25.1. The Morgan fingerprint density at radius 3 is 1.94 bits per heavy atom. The number of methoxy groups -OCH3 is 1.